The average molecular weight is 486 g/mol. The number of ether oxygens (including phenoxy) is 1. The number of carbonyl (C=O) groups excluding carboxylic acids is 1. The number of benzene rings is 2. The number of aromatic nitrogens is 3. The van der Waals surface area contributed by atoms with Crippen LogP contribution < -0.4 is 5.32 Å². The third-order valence-corrected chi connectivity index (χ3v) is 6.78. The highest BCUT2D eigenvalue weighted by atomic mass is 35.5. The number of hydrogen-bond acceptors (Lipinski definition) is 6. The van der Waals surface area contributed by atoms with Gasteiger partial charge in [-0.2, -0.15) is 0 Å². The highest BCUT2D eigenvalue weighted by molar-refractivity contribution is 7.99. The van der Waals surface area contributed by atoms with Crippen LogP contribution in [0.4, 0.5) is 0 Å². The maximum absolute atomic E-state index is 12.6. The lowest BCUT2D eigenvalue weighted by Gasteiger charge is -2.27. The maximum Gasteiger partial charge on any atom is 0.230 e. The molecule has 0 bridgehead atoms. The van der Waals surface area contributed by atoms with Gasteiger partial charge in [0.2, 0.25) is 5.91 Å². The van der Waals surface area contributed by atoms with E-state index in [0.717, 1.165) is 55.0 Å². The van der Waals surface area contributed by atoms with Crippen LogP contribution in [0.3, 0.4) is 0 Å². The van der Waals surface area contributed by atoms with Crippen molar-refractivity contribution in [1.29, 1.82) is 0 Å². The van der Waals surface area contributed by atoms with Crippen molar-refractivity contribution in [1.82, 2.24) is 25.0 Å². The van der Waals surface area contributed by atoms with Gasteiger partial charge in [-0.1, -0.05) is 47.6 Å². The monoisotopic (exact) mass is 485 g/mol. The van der Waals surface area contributed by atoms with E-state index in [1.54, 1.807) is 0 Å². The van der Waals surface area contributed by atoms with Crippen molar-refractivity contribution in [3.8, 4) is 11.4 Å². The molecular formula is C24H28ClN5O2S. The number of carbonyl (C=O) groups is 1. The molecule has 2 aromatic carbocycles. The van der Waals surface area contributed by atoms with Gasteiger partial charge in [0.25, 0.3) is 0 Å². The first-order chi connectivity index (χ1) is 16.1. The molecule has 33 heavy (non-hydrogen) atoms. The van der Waals surface area contributed by atoms with Crippen LogP contribution in [0.1, 0.15) is 18.1 Å². The first kappa shape index (κ1) is 23.8. The zero-order valence-corrected chi connectivity index (χ0v) is 20.2. The summed E-state index contributed by atoms with van der Waals surface area (Å²) in [6.45, 7) is 7.56. The van der Waals surface area contributed by atoms with Crippen LogP contribution in [0.5, 0.6) is 0 Å². The van der Waals surface area contributed by atoms with E-state index >= 15 is 0 Å². The van der Waals surface area contributed by atoms with Crippen LogP contribution in [-0.4, -0.2) is 57.6 Å². The molecular weight excluding hydrogens is 458 g/mol. The Morgan fingerprint density at radius 3 is 2.55 bits per heavy atom. The quantitative estimate of drug-likeness (QED) is 0.464. The Morgan fingerprint density at radius 1 is 1.09 bits per heavy atom. The van der Waals surface area contributed by atoms with E-state index in [1.807, 2.05) is 47.9 Å². The summed E-state index contributed by atoms with van der Waals surface area (Å²) in [5.74, 6) is 1.03. The topological polar surface area (TPSA) is 72.3 Å². The molecule has 0 saturated carbocycles. The Labute approximate surface area is 203 Å². The zero-order valence-electron chi connectivity index (χ0n) is 18.7. The summed E-state index contributed by atoms with van der Waals surface area (Å²) in [6.07, 6.45) is 0. The van der Waals surface area contributed by atoms with Crippen molar-refractivity contribution in [2.75, 3.05) is 32.1 Å². The number of hydrogen-bond donors (Lipinski definition) is 1. The summed E-state index contributed by atoms with van der Waals surface area (Å²) in [7, 11) is 0. The largest absolute Gasteiger partial charge is 0.379 e. The van der Waals surface area contributed by atoms with Gasteiger partial charge in [0.05, 0.1) is 19.0 Å². The first-order valence-corrected chi connectivity index (χ1v) is 12.5. The van der Waals surface area contributed by atoms with Crippen molar-refractivity contribution in [2.24, 2.45) is 0 Å². The normalized spacial score (nSPS) is 14.4. The Balaban J connectivity index is 1.33. The van der Waals surface area contributed by atoms with Crippen molar-refractivity contribution in [3.05, 3.63) is 64.7 Å². The van der Waals surface area contributed by atoms with E-state index in [-0.39, 0.29) is 11.7 Å². The summed E-state index contributed by atoms with van der Waals surface area (Å²) in [6, 6.07) is 15.8. The van der Waals surface area contributed by atoms with Gasteiger partial charge >= 0.3 is 0 Å². The van der Waals surface area contributed by atoms with Gasteiger partial charge in [-0.05, 0) is 42.3 Å². The molecule has 0 atom stereocenters. The van der Waals surface area contributed by atoms with Gasteiger partial charge in [0.1, 0.15) is 0 Å². The molecule has 3 aromatic rings. The van der Waals surface area contributed by atoms with Crippen LogP contribution in [-0.2, 0) is 29.2 Å². The third kappa shape index (κ3) is 6.35. The van der Waals surface area contributed by atoms with Crippen LogP contribution >= 0.6 is 23.4 Å². The minimum absolute atomic E-state index is 0.0279. The Bertz CT molecular complexity index is 1070. The molecule has 0 unspecified atom stereocenters. The first-order valence-electron chi connectivity index (χ1n) is 11.1. The molecule has 2 heterocycles. The third-order valence-electron chi connectivity index (χ3n) is 5.56. The summed E-state index contributed by atoms with van der Waals surface area (Å²) >= 11 is 7.39. The summed E-state index contributed by atoms with van der Waals surface area (Å²) < 4.78 is 7.45. The predicted octanol–water partition coefficient (Wildman–Crippen LogP) is 3.86. The standard InChI is InChI=1S/C24H28ClN5O2S/c1-2-30-23(18-7-9-21(25)10-8-18)27-28-24(30)33-17-22(31)26-15-19-5-3-4-6-20(19)16-29-11-13-32-14-12-29/h3-10H,2,11-17H2,1H3,(H,26,31). The van der Waals surface area contributed by atoms with Crippen molar-refractivity contribution < 1.29 is 9.53 Å². The number of rotatable bonds is 9. The fourth-order valence-corrected chi connectivity index (χ4v) is 4.71. The number of nitrogens with zero attached hydrogens (tertiary/aromatic N) is 4. The fraction of sp³-hybridized carbons (Fsp3) is 0.375. The number of halogens is 1. The van der Waals surface area contributed by atoms with Gasteiger partial charge in [0, 0.05) is 43.3 Å². The van der Waals surface area contributed by atoms with Crippen molar-refractivity contribution in [2.45, 2.75) is 31.7 Å². The number of thioether (sulfide) groups is 1. The minimum atomic E-state index is -0.0279. The van der Waals surface area contributed by atoms with E-state index in [2.05, 4.69) is 32.5 Å². The van der Waals surface area contributed by atoms with E-state index in [1.165, 1.54) is 17.3 Å². The molecule has 174 valence electrons. The highest BCUT2D eigenvalue weighted by Crippen LogP contribution is 2.25. The molecule has 1 fully saturated rings. The van der Waals surface area contributed by atoms with Crippen LogP contribution in [0.25, 0.3) is 11.4 Å². The van der Waals surface area contributed by atoms with E-state index < -0.39 is 0 Å². The molecule has 1 N–H and O–H groups in total. The summed E-state index contributed by atoms with van der Waals surface area (Å²) in [4.78, 5) is 15.0. The molecule has 0 radical (unpaired) electrons. The summed E-state index contributed by atoms with van der Waals surface area (Å²) in [5.41, 5.74) is 3.33. The van der Waals surface area contributed by atoms with Crippen LogP contribution in [0.15, 0.2) is 53.7 Å². The lowest BCUT2D eigenvalue weighted by molar-refractivity contribution is -0.118. The Morgan fingerprint density at radius 2 is 1.82 bits per heavy atom. The average Bonchev–Trinajstić information content (AvgIpc) is 3.26. The molecule has 0 spiro atoms. The Hall–Kier alpha value is -2.39. The molecule has 1 saturated heterocycles. The Kier molecular flexibility index (Phi) is 8.39. The second kappa shape index (κ2) is 11.7. The van der Waals surface area contributed by atoms with Gasteiger partial charge in [-0.15, -0.1) is 10.2 Å². The van der Waals surface area contributed by atoms with Gasteiger partial charge in [0.15, 0.2) is 11.0 Å². The van der Waals surface area contributed by atoms with Crippen molar-refractivity contribution in [3.63, 3.8) is 0 Å². The zero-order chi connectivity index (χ0) is 23.0. The van der Waals surface area contributed by atoms with Gasteiger partial charge in [-0.3, -0.25) is 9.69 Å². The smallest absolute Gasteiger partial charge is 0.230 e. The lowest BCUT2D eigenvalue weighted by atomic mass is 10.1. The number of amides is 1. The van der Waals surface area contributed by atoms with Crippen molar-refractivity contribution >= 4 is 29.3 Å². The second-order valence-electron chi connectivity index (χ2n) is 7.78. The molecule has 7 nitrogen and oxygen atoms in total. The van der Waals surface area contributed by atoms with Gasteiger partial charge in [-0.25, -0.2) is 0 Å². The van der Waals surface area contributed by atoms with Crippen LogP contribution in [0, 0.1) is 0 Å². The molecule has 0 aliphatic carbocycles. The molecule has 1 amide bonds. The molecule has 4 rings (SSSR count). The van der Waals surface area contributed by atoms with E-state index in [4.69, 9.17) is 16.3 Å². The molecule has 1 aromatic heterocycles. The molecule has 1 aliphatic rings. The van der Waals surface area contributed by atoms with Gasteiger partial charge < -0.3 is 14.6 Å². The number of nitrogens with one attached hydrogen (secondary N) is 1. The fourth-order valence-electron chi connectivity index (χ4n) is 3.75. The molecule has 9 heteroatoms. The predicted molar refractivity (Wildman–Crippen MR) is 131 cm³/mol. The second-order valence-corrected chi connectivity index (χ2v) is 9.16. The highest BCUT2D eigenvalue weighted by Gasteiger charge is 2.16. The van der Waals surface area contributed by atoms with E-state index in [0.29, 0.717) is 18.1 Å². The lowest BCUT2D eigenvalue weighted by Crippen LogP contribution is -2.36. The van der Waals surface area contributed by atoms with Crippen LogP contribution in [0.2, 0.25) is 5.02 Å². The number of morpholine rings is 1. The SMILES string of the molecule is CCn1c(SCC(=O)NCc2ccccc2CN2CCOCC2)nnc1-c1ccc(Cl)cc1. The van der Waals surface area contributed by atoms with E-state index in [9.17, 15) is 4.79 Å². The molecule has 1 aliphatic heterocycles. The maximum atomic E-state index is 12.6. The summed E-state index contributed by atoms with van der Waals surface area (Å²) in [5, 5.41) is 13.1. The minimum Gasteiger partial charge on any atom is -0.379 e.